The molecule has 28 heavy (non-hydrogen) atoms. The molecule has 3 atom stereocenters. The molecule has 0 bridgehead atoms. The standard InChI is InChI=1S/C21H22N2O5/c1-14(22-21(27)28-13-16-10-6-3-7-11-16)17-18(20(25)26)23(19(17)24)12-15-8-4-2-5-9-15/h2-11,14,17-18H,12-13H2,1H3,(H,22,27)(H,25,26)/t14-,17+,18-/m0/s1. The molecule has 7 nitrogen and oxygen atoms in total. The van der Waals surface area contributed by atoms with Crippen molar-refractivity contribution in [2.45, 2.75) is 32.2 Å². The summed E-state index contributed by atoms with van der Waals surface area (Å²) < 4.78 is 5.15. The molecule has 0 saturated carbocycles. The number of nitrogens with one attached hydrogen (secondary N) is 1. The van der Waals surface area contributed by atoms with Gasteiger partial charge in [-0.05, 0) is 18.1 Å². The van der Waals surface area contributed by atoms with E-state index in [1.54, 1.807) is 6.92 Å². The fourth-order valence-electron chi connectivity index (χ4n) is 3.35. The van der Waals surface area contributed by atoms with Gasteiger partial charge in [0.2, 0.25) is 5.91 Å². The molecular formula is C21H22N2O5. The average Bonchev–Trinajstić information content (AvgIpc) is 2.69. The fraction of sp³-hybridized carbons (Fsp3) is 0.286. The van der Waals surface area contributed by atoms with Crippen LogP contribution in [0.5, 0.6) is 0 Å². The summed E-state index contributed by atoms with van der Waals surface area (Å²) in [5.41, 5.74) is 1.69. The van der Waals surface area contributed by atoms with Gasteiger partial charge in [-0.15, -0.1) is 0 Å². The van der Waals surface area contributed by atoms with Gasteiger partial charge in [0.25, 0.3) is 0 Å². The van der Waals surface area contributed by atoms with Crippen LogP contribution in [-0.4, -0.2) is 40.1 Å². The maximum absolute atomic E-state index is 12.6. The normalized spacial score (nSPS) is 19.5. The number of likely N-dealkylation sites (tertiary alicyclic amines) is 1. The highest BCUT2D eigenvalue weighted by Crippen LogP contribution is 2.31. The number of carbonyl (C=O) groups is 3. The zero-order valence-corrected chi connectivity index (χ0v) is 15.4. The van der Waals surface area contributed by atoms with Crippen LogP contribution >= 0.6 is 0 Å². The number of hydrogen-bond acceptors (Lipinski definition) is 4. The zero-order valence-electron chi connectivity index (χ0n) is 15.4. The zero-order chi connectivity index (χ0) is 20.1. The molecule has 1 saturated heterocycles. The number of amides is 2. The quantitative estimate of drug-likeness (QED) is 0.717. The lowest BCUT2D eigenvalue weighted by Gasteiger charge is -2.47. The van der Waals surface area contributed by atoms with Gasteiger partial charge in [-0.1, -0.05) is 60.7 Å². The summed E-state index contributed by atoms with van der Waals surface area (Å²) in [6.07, 6.45) is -0.685. The first-order valence-electron chi connectivity index (χ1n) is 9.02. The molecule has 1 aliphatic heterocycles. The second-order valence-corrected chi connectivity index (χ2v) is 6.76. The summed E-state index contributed by atoms with van der Waals surface area (Å²) in [7, 11) is 0. The maximum atomic E-state index is 12.6. The van der Waals surface area contributed by atoms with Crippen molar-refractivity contribution in [2.75, 3.05) is 0 Å². The van der Waals surface area contributed by atoms with Crippen molar-refractivity contribution in [1.82, 2.24) is 10.2 Å². The van der Waals surface area contributed by atoms with Crippen LogP contribution in [0.15, 0.2) is 60.7 Å². The fourth-order valence-corrected chi connectivity index (χ4v) is 3.35. The Kier molecular flexibility index (Phi) is 5.93. The molecule has 0 spiro atoms. The highest BCUT2D eigenvalue weighted by molar-refractivity contribution is 5.97. The van der Waals surface area contributed by atoms with E-state index in [0.717, 1.165) is 11.1 Å². The van der Waals surface area contributed by atoms with Gasteiger partial charge in [0.05, 0.1) is 5.92 Å². The van der Waals surface area contributed by atoms with Crippen molar-refractivity contribution >= 4 is 18.0 Å². The molecule has 3 rings (SSSR count). The Morgan fingerprint density at radius 3 is 2.21 bits per heavy atom. The van der Waals surface area contributed by atoms with E-state index in [0.29, 0.717) is 0 Å². The lowest BCUT2D eigenvalue weighted by Crippen LogP contribution is -2.68. The topological polar surface area (TPSA) is 95.9 Å². The Bertz CT molecular complexity index is 840. The van der Waals surface area contributed by atoms with E-state index in [9.17, 15) is 19.5 Å². The van der Waals surface area contributed by atoms with Crippen molar-refractivity contribution < 1.29 is 24.2 Å². The van der Waals surface area contributed by atoms with Crippen molar-refractivity contribution in [3.8, 4) is 0 Å². The predicted octanol–water partition coefficient (Wildman–Crippen LogP) is 2.41. The van der Waals surface area contributed by atoms with Gasteiger partial charge in [-0.2, -0.15) is 0 Å². The summed E-state index contributed by atoms with van der Waals surface area (Å²) >= 11 is 0. The first kappa shape index (κ1) is 19.4. The van der Waals surface area contributed by atoms with Gasteiger partial charge in [-0.25, -0.2) is 9.59 Å². The number of carboxylic acid groups (broad SMARTS) is 1. The van der Waals surface area contributed by atoms with E-state index in [2.05, 4.69) is 5.32 Å². The van der Waals surface area contributed by atoms with E-state index in [1.165, 1.54) is 4.90 Å². The number of rotatable bonds is 7. The Labute approximate surface area is 162 Å². The molecule has 0 radical (unpaired) electrons. The van der Waals surface area contributed by atoms with Crippen LogP contribution < -0.4 is 5.32 Å². The number of alkyl carbamates (subject to hydrolysis) is 1. The minimum absolute atomic E-state index is 0.0977. The molecule has 0 unspecified atom stereocenters. The number of nitrogens with zero attached hydrogens (tertiary/aromatic N) is 1. The van der Waals surface area contributed by atoms with Crippen LogP contribution in [0.4, 0.5) is 4.79 Å². The van der Waals surface area contributed by atoms with Gasteiger partial charge in [0.1, 0.15) is 12.6 Å². The van der Waals surface area contributed by atoms with E-state index < -0.39 is 30.1 Å². The lowest BCUT2D eigenvalue weighted by molar-refractivity contribution is -0.173. The summed E-state index contributed by atoms with van der Waals surface area (Å²) in [5, 5.41) is 12.1. The van der Waals surface area contributed by atoms with Crippen LogP contribution in [0.1, 0.15) is 18.1 Å². The minimum atomic E-state index is -1.09. The number of benzene rings is 2. The number of hydrogen-bond donors (Lipinski definition) is 2. The first-order chi connectivity index (χ1) is 13.5. The van der Waals surface area contributed by atoms with Crippen LogP contribution in [0.3, 0.4) is 0 Å². The Morgan fingerprint density at radius 2 is 1.64 bits per heavy atom. The molecule has 2 aromatic rings. The van der Waals surface area contributed by atoms with Crippen molar-refractivity contribution in [1.29, 1.82) is 0 Å². The van der Waals surface area contributed by atoms with Crippen molar-refractivity contribution in [3.63, 3.8) is 0 Å². The van der Waals surface area contributed by atoms with Gasteiger partial charge >= 0.3 is 12.1 Å². The number of ether oxygens (including phenoxy) is 1. The molecule has 2 amide bonds. The van der Waals surface area contributed by atoms with E-state index >= 15 is 0 Å². The van der Waals surface area contributed by atoms with Crippen molar-refractivity contribution in [3.05, 3.63) is 71.8 Å². The van der Waals surface area contributed by atoms with Crippen molar-refractivity contribution in [2.24, 2.45) is 5.92 Å². The third-order valence-electron chi connectivity index (χ3n) is 4.79. The highest BCUT2D eigenvalue weighted by atomic mass is 16.5. The molecule has 2 aromatic carbocycles. The van der Waals surface area contributed by atoms with E-state index in [4.69, 9.17) is 4.74 Å². The molecule has 7 heteroatoms. The predicted molar refractivity (Wildman–Crippen MR) is 101 cm³/mol. The number of β-lactam (4-membered cyclic amide) rings is 1. The first-order valence-corrected chi connectivity index (χ1v) is 9.02. The molecule has 1 fully saturated rings. The molecule has 1 heterocycles. The van der Waals surface area contributed by atoms with E-state index in [-0.39, 0.29) is 19.1 Å². The van der Waals surface area contributed by atoms with E-state index in [1.807, 2.05) is 60.7 Å². The molecule has 2 N–H and O–H groups in total. The highest BCUT2D eigenvalue weighted by Gasteiger charge is 2.54. The second kappa shape index (κ2) is 8.56. The molecule has 146 valence electrons. The summed E-state index contributed by atoms with van der Waals surface area (Å²) in [6.45, 7) is 1.93. The molecular weight excluding hydrogens is 360 g/mol. The molecule has 0 aliphatic carbocycles. The van der Waals surface area contributed by atoms with Crippen LogP contribution in [-0.2, 0) is 27.5 Å². The number of carbonyl (C=O) groups excluding carboxylic acids is 2. The third-order valence-corrected chi connectivity index (χ3v) is 4.79. The number of carboxylic acids is 1. The molecule has 1 aliphatic rings. The van der Waals surface area contributed by atoms with Gasteiger partial charge < -0.3 is 20.1 Å². The van der Waals surface area contributed by atoms with Gasteiger partial charge in [0, 0.05) is 12.6 Å². The Morgan fingerprint density at radius 1 is 1.07 bits per heavy atom. The Balaban J connectivity index is 1.58. The summed E-state index contributed by atoms with van der Waals surface area (Å²) in [6, 6.07) is 16.7. The minimum Gasteiger partial charge on any atom is -0.480 e. The monoisotopic (exact) mass is 382 g/mol. The van der Waals surface area contributed by atoms with Gasteiger partial charge in [0.15, 0.2) is 0 Å². The average molecular weight is 382 g/mol. The Hall–Kier alpha value is -3.35. The third kappa shape index (κ3) is 4.31. The smallest absolute Gasteiger partial charge is 0.407 e. The van der Waals surface area contributed by atoms with Crippen LogP contribution in [0, 0.1) is 5.92 Å². The lowest BCUT2D eigenvalue weighted by atomic mass is 9.81. The van der Waals surface area contributed by atoms with Crippen LogP contribution in [0.2, 0.25) is 0 Å². The summed E-state index contributed by atoms with van der Waals surface area (Å²) in [5.74, 6) is -2.22. The molecule has 0 aromatic heterocycles. The largest absolute Gasteiger partial charge is 0.480 e. The maximum Gasteiger partial charge on any atom is 0.407 e. The van der Waals surface area contributed by atoms with Crippen LogP contribution in [0.25, 0.3) is 0 Å². The summed E-state index contributed by atoms with van der Waals surface area (Å²) in [4.78, 5) is 37.6. The number of aliphatic carboxylic acids is 1. The second-order valence-electron chi connectivity index (χ2n) is 6.76. The SMILES string of the molecule is C[C@H](NC(=O)OCc1ccccc1)[C@H]1C(=O)N(Cc2ccccc2)[C@@H]1C(=O)O. The van der Waals surface area contributed by atoms with Gasteiger partial charge in [-0.3, -0.25) is 4.79 Å².